The van der Waals surface area contributed by atoms with Crippen LogP contribution in [-0.2, 0) is 11.2 Å². The van der Waals surface area contributed by atoms with E-state index in [0.29, 0.717) is 34.3 Å². The summed E-state index contributed by atoms with van der Waals surface area (Å²) in [6, 6.07) is 6.42. The number of benzene rings is 1. The van der Waals surface area contributed by atoms with Gasteiger partial charge in [0.25, 0.3) is 0 Å². The van der Waals surface area contributed by atoms with Crippen LogP contribution in [-0.4, -0.2) is 18.6 Å². The lowest BCUT2D eigenvalue weighted by atomic mass is 10.1. The van der Waals surface area contributed by atoms with Crippen LogP contribution in [0.5, 0.6) is 0 Å². The van der Waals surface area contributed by atoms with Crippen LogP contribution in [0.25, 0.3) is 0 Å². The largest absolute Gasteiger partial charge is 0.462 e. The van der Waals surface area contributed by atoms with Gasteiger partial charge in [-0.05, 0) is 43.5 Å². The quantitative estimate of drug-likeness (QED) is 0.651. The predicted octanol–water partition coefficient (Wildman–Crippen LogP) is 5.48. The van der Waals surface area contributed by atoms with E-state index in [4.69, 9.17) is 16.3 Å². The average Bonchev–Trinajstić information content (AvgIpc) is 2.87. The third kappa shape index (κ3) is 4.96. The van der Waals surface area contributed by atoms with E-state index in [2.05, 4.69) is 10.6 Å². The first-order chi connectivity index (χ1) is 12.0. The standard InChI is InChI=1S/C18H21ClN2O3S/c1-4-9-24-17(22)15-14(5-2)11(3)25-16(15)21-18(23)20-13-8-6-7-12(19)10-13/h6-8,10H,4-5,9H2,1-3H3,(H2,20,21,23). The highest BCUT2D eigenvalue weighted by atomic mass is 35.5. The zero-order valence-electron chi connectivity index (χ0n) is 14.4. The highest BCUT2D eigenvalue weighted by Gasteiger charge is 2.23. The minimum absolute atomic E-state index is 0.352. The number of ether oxygens (including phenoxy) is 1. The number of aryl methyl sites for hydroxylation is 1. The number of hydrogen-bond donors (Lipinski definition) is 2. The lowest BCUT2D eigenvalue weighted by molar-refractivity contribution is 0.0505. The maximum atomic E-state index is 12.4. The zero-order valence-corrected chi connectivity index (χ0v) is 16.0. The second-order valence-corrected chi connectivity index (χ2v) is 7.08. The predicted molar refractivity (Wildman–Crippen MR) is 103 cm³/mol. The fourth-order valence-corrected chi connectivity index (χ4v) is 3.73. The van der Waals surface area contributed by atoms with Crippen LogP contribution in [0.2, 0.25) is 5.02 Å². The Morgan fingerprint density at radius 2 is 2.00 bits per heavy atom. The third-order valence-electron chi connectivity index (χ3n) is 3.51. The number of hydrogen-bond acceptors (Lipinski definition) is 4. The number of esters is 1. The Labute approximate surface area is 156 Å². The number of amides is 2. The molecule has 0 aliphatic carbocycles. The van der Waals surface area contributed by atoms with Crippen molar-refractivity contribution in [3.8, 4) is 0 Å². The van der Waals surface area contributed by atoms with Gasteiger partial charge in [0.1, 0.15) is 5.00 Å². The topological polar surface area (TPSA) is 67.4 Å². The summed E-state index contributed by atoms with van der Waals surface area (Å²) in [5.41, 5.74) is 1.92. The van der Waals surface area contributed by atoms with Crippen molar-refractivity contribution in [3.05, 3.63) is 45.3 Å². The minimum atomic E-state index is -0.435. The van der Waals surface area contributed by atoms with Gasteiger partial charge in [0.2, 0.25) is 0 Å². The van der Waals surface area contributed by atoms with Crippen LogP contribution in [0, 0.1) is 6.92 Å². The molecule has 0 spiro atoms. The number of anilines is 2. The van der Waals surface area contributed by atoms with Gasteiger partial charge in [0.15, 0.2) is 0 Å². The minimum Gasteiger partial charge on any atom is -0.462 e. The average molecular weight is 381 g/mol. The zero-order chi connectivity index (χ0) is 18.4. The van der Waals surface area contributed by atoms with Crippen LogP contribution in [0.4, 0.5) is 15.5 Å². The lowest BCUT2D eigenvalue weighted by Crippen LogP contribution is -2.20. The first-order valence-electron chi connectivity index (χ1n) is 8.09. The fourth-order valence-electron chi connectivity index (χ4n) is 2.41. The number of rotatable bonds is 6. The van der Waals surface area contributed by atoms with E-state index in [1.807, 2.05) is 20.8 Å². The van der Waals surface area contributed by atoms with Crippen molar-refractivity contribution in [2.24, 2.45) is 0 Å². The van der Waals surface area contributed by atoms with Gasteiger partial charge in [-0.3, -0.25) is 5.32 Å². The molecule has 0 fully saturated rings. The molecule has 0 aliphatic rings. The summed E-state index contributed by atoms with van der Waals surface area (Å²) in [5, 5.41) is 6.49. The first-order valence-corrected chi connectivity index (χ1v) is 9.28. The van der Waals surface area contributed by atoms with Crippen molar-refractivity contribution < 1.29 is 14.3 Å². The highest BCUT2D eigenvalue weighted by Crippen LogP contribution is 2.34. The van der Waals surface area contributed by atoms with E-state index in [1.54, 1.807) is 24.3 Å². The smallest absolute Gasteiger partial charge is 0.341 e. The fraction of sp³-hybridized carbons (Fsp3) is 0.333. The summed E-state index contributed by atoms with van der Waals surface area (Å²) in [4.78, 5) is 25.7. The van der Waals surface area contributed by atoms with Crippen LogP contribution in [0.15, 0.2) is 24.3 Å². The van der Waals surface area contributed by atoms with Gasteiger partial charge in [-0.2, -0.15) is 0 Å². The Balaban J connectivity index is 2.20. The molecule has 0 bridgehead atoms. The second kappa shape index (κ2) is 8.87. The van der Waals surface area contributed by atoms with Crippen LogP contribution < -0.4 is 10.6 Å². The molecule has 1 aromatic carbocycles. The van der Waals surface area contributed by atoms with Gasteiger partial charge >= 0.3 is 12.0 Å². The van der Waals surface area contributed by atoms with Gasteiger partial charge < -0.3 is 10.1 Å². The Morgan fingerprint density at radius 1 is 1.24 bits per heavy atom. The van der Waals surface area contributed by atoms with E-state index in [-0.39, 0.29) is 0 Å². The normalized spacial score (nSPS) is 10.4. The lowest BCUT2D eigenvalue weighted by Gasteiger charge is -2.10. The molecule has 2 N–H and O–H groups in total. The number of thiophene rings is 1. The highest BCUT2D eigenvalue weighted by molar-refractivity contribution is 7.16. The van der Waals surface area contributed by atoms with Crippen LogP contribution in [0.3, 0.4) is 0 Å². The summed E-state index contributed by atoms with van der Waals surface area (Å²) in [6.07, 6.45) is 1.44. The summed E-state index contributed by atoms with van der Waals surface area (Å²) >= 11 is 7.29. The summed E-state index contributed by atoms with van der Waals surface area (Å²) < 4.78 is 5.27. The Hall–Kier alpha value is -2.05. The van der Waals surface area contributed by atoms with Gasteiger partial charge in [0, 0.05) is 15.6 Å². The van der Waals surface area contributed by atoms with Crippen molar-refractivity contribution in [1.82, 2.24) is 0 Å². The van der Waals surface area contributed by atoms with Crippen molar-refractivity contribution in [2.45, 2.75) is 33.6 Å². The molecule has 0 unspecified atom stereocenters. The molecule has 1 heterocycles. The van der Waals surface area contributed by atoms with E-state index in [9.17, 15) is 9.59 Å². The Bertz CT molecular complexity index is 774. The maximum Gasteiger partial charge on any atom is 0.341 e. The summed E-state index contributed by atoms with van der Waals surface area (Å²) in [5.74, 6) is -0.402. The monoisotopic (exact) mass is 380 g/mol. The number of halogens is 1. The Kier molecular flexibility index (Phi) is 6.84. The Morgan fingerprint density at radius 3 is 2.64 bits per heavy atom. The molecule has 1 aromatic heterocycles. The molecule has 7 heteroatoms. The molecule has 25 heavy (non-hydrogen) atoms. The maximum absolute atomic E-state index is 12.4. The number of urea groups is 1. The van der Waals surface area contributed by atoms with Gasteiger partial charge in [-0.1, -0.05) is 31.5 Å². The van der Waals surface area contributed by atoms with E-state index in [1.165, 1.54) is 11.3 Å². The molecule has 0 aliphatic heterocycles. The van der Waals surface area contributed by atoms with Crippen molar-refractivity contribution in [3.63, 3.8) is 0 Å². The van der Waals surface area contributed by atoms with Crippen LogP contribution in [0.1, 0.15) is 41.1 Å². The number of carbonyl (C=O) groups is 2. The van der Waals surface area contributed by atoms with Crippen molar-refractivity contribution in [1.29, 1.82) is 0 Å². The molecule has 0 saturated carbocycles. The molecule has 0 saturated heterocycles. The van der Waals surface area contributed by atoms with Gasteiger partial charge in [-0.15, -0.1) is 11.3 Å². The molecule has 2 aromatic rings. The number of carbonyl (C=O) groups excluding carboxylic acids is 2. The van der Waals surface area contributed by atoms with Crippen LogP contribution >= 0.6 is 22.9 Å². The SMILES string of the molecule is CCCOC(=O)c1c(NC(=O)Nc2cccc(Cl)c2)sc(C)c1CC. The molecular weight excluding hydrogens is 360 g/mol. The second-order valence-electron chi connectivity index (χ2n) is 5.42. The first kappa shape index (κ1) is 19.3. The van der Waals surface area contributed by atoms with Crippen molar-refractivity contribution >= 4 is 45.6 Å². The van der Waals surface area contributed by atoms with E-state index in [0.717, 1.165) is 16.9 Å². The molecule has 5 nitrogen and oxygen atoms in total. The van der Waals surface area contributed by atoms with Crippen molar-refractivity contribution in [2.75, 3.05) is 17.2 Å². The molecule has 2 amide bonds. The van der Waals surface area contributed by atoms with E-state index < -0.39 is 12.0 Å². The molecule has 134 valence electrons. The summed E-state index contributed by atoms with van der Waals surface area (Å²) in [6.45, 7) is 6.19. The van der Waals surface area contributed by atoms with Gasteiger partial charge in [-0.25, -0.2) is 9.59 Å². The van der Waals surface area contributed by atoms with E-state index >= 15 is 0 Å². The molecule has 0 radical (unpaired) electrons. The summed E-state index contributed by atoms with van der Waals surface area (Å²) in [7, 11) is 0. The molecule has 0 atom stereocenters. The van der Waals surface area contributed by atoms with Gasteiger partial charge in [0.05, 0.1) is 12.2 Å². The molecule has 2 rings (SSSR count). The third-order valence-corrected chi connectivity index (χ3v) is 4.81. The molecular formula is C18H21ClN2O3S. The number of nitrogens with one attached hydrogen (secondary N) is 2.